The van der Waals surface area contributed by atoms with Crippen LogP contribution in [0.5, 0.6) is 0 Å². The molecule has 1 aliphatic heterocycles. The predicted octanol–water partition coefficient (Wildman–Crippen LogP) is 3.10. The predicted molar refractivity (Wildman–Crippen MR) is 111 cm³/mol. The minimum atomic E-state index is -4.39. The van der Waals surface area contributed by atoms with Gasteiger partial charge in [0.05, 0.1) is 24.8 Å². The van der Waals surface area contributed by atoms with Gasteiger partial charge in [-0.25, -0.2) is 0 Å². The van der Waals surface area contributed by atoms with Crippen molar-refractivity contribution in [1.29, 1.82) is 0 Å². The second-order valence-electron chi connectivity index (χ2n) is 7.37. The van der Waals surface area contributed by atoms with Gasteiger partial charge in [-0.1, -0.05) is 19.1 Å². The highest BCUT2D eigenvalue weighted by atomic mass is 32.1. The Bertz CT molecular complexity index is 920. The molecule has 1 fully saturated rings. The van der Waals surface area contributed by atoms with Gasteiger partial charge in [-0.3, -0.25) is 19.4 Å². The molecule has 0 aliphatic carbocycles. The van der Waals surface area contributed by atoms with E-state index in [-0.39, 0.29) is 25.0 Å². The number of amides is 1. The number of nitrogens with one attached hydrogen (secondary N) is 2. The van der Waals surface area contributed by atoms with Crippen molar-refractivity contribution in [3.8, 4) is 0 Å². The number of H-pyrrole nitrogens is 1. The molecule has 7 nitrogen and oxygen atoms in total. The van der Waals surface area contributed by atoms with Gasteiger partial charge in [0.15, 0.2) is 4.77 Å². The van der Waals surface area contributed by atoms with Crippen molar-refractivity contribution >= 4 is 18.1 Å². The first-order valence-corrected chi connectivity index (χ1v) is 10.6. The van der Waals surface area contributed by atoms with Crippen LogP contribution in [0.4, 0.5) is 13.2 Å². The second kappa shape index (κ2) is 10.4. The molecule has 1 aromatic heterocycles. The van der Waals surface area contributed by atoms with Crippen LogP contribution >= 0.6 is 12.2 Å². The summed E-state index contributed by atoms with van der Waals surface area (Å²) in [7, 11) is 0. The molecule has 1 amide bonds. The second-order valence-corrected chi connectivity index (χ2v) is 7.76. The number of hydrogen-bond donors (Lipinski definition) is 2. The van der Waals surface area contributed by atoms with Crippen LogP contribution in [0.1, 0.15) is 36.3 Å². The monoisotopic (exact) mass is 457 g/mol. The van der Waals surface area contributed by atoms with Crippen molar-refractivity contribution in [2.24, 2.45) is 0 Å². The van der Waals surface area contributed by atoms with Gasteiger partial charge in [-0.05, 0) is 36.3 Å². The fourth-order valence-corrected chi connectivity index (χ4v) is 3.79. The summed E-state index contributed by atoms with van der Waals surface area (Å²) in [6, 6.07) is 4.84. The van der Waals surface area contributed by atoms with Crippen molar-refractivity contribution in [2.45, 2.75) is 38.5 Å². The van der Waals surface area contributed by atoms with Crippen molar-refractivity contribution < 1.29 is 22.7 Å². The molecule has 1 aliphatic rings. The van der Waals surface area contributed by atoms with E-state index in [9.17, 15) is 18.0 Å². The normalized spacial score (nSPS) is 16.3. The zero-order valence-electron chi connectivity index (χ0n) is 17.2. The largest absolute Gasteiger partial charge is 0.416 e. The molecule has 0 spiro atoms. The van der Waals surface area contributed by atoms with Gasteiger partial charge in [0.2, 0.25) is 5.91 Å². The summed E-state index contributed by atoms with van der Waals surface area (Å²) >= 11 is 5.21. The van der Waals surface area contributed by atoms with Gasteiger partial charge >= 0.3 is 6.18 Å². The Kier molecular flexibility index (Phi) is 7.84. The highest BCUT2D eigenvalue weighted by molar-refractivity contribution is 7.71. The van der Waals surface area contributed by atoms with E-state index in [0.717, 1.165) is 24.4 Å². The van der Waals surface area contributed by atoms with E-state index in [1.807, 2.05) is 6.92 Å². The number of aromatic nitrogens is 3. The molecule has 1 saturated heterocycles. The maximum Gasteiger partial charge on any atom is 0.416 e. The molecule has 2 aromatic rings. The molecule has 31 heavy (non-hydrogen) atoms. The summed E-state index contributed by atoms with van der Waals surface area (Å²) in [5.41, 5.74) is 0.0144. The highest BCUT2D eigenvalue weighted by Crippen LogP contribution is 2.31. The highest BCUT2D eigenvalue weighted by Gasteiger charge is 2.31. The maximum atomic E-state index is 12.9. The molecular formula is C20H26F3N5O2S. The van der Waals surface area contributed by atoms with E-state index in [2.05, 4.69) is 20.4 Å². The van der Waals surface area contributed by atoms with Gasteiger partial charge in [0, 0.05) is 26.1 Å². The van der Waals surface area contributed by atoms with E-state index in [4.69, 9.17) is 17.0 Å². The number of rotatable bonds is 8. The van der Waals surface area contributed by atoms with Crippen LogP contribution < -0.4 is 5.32 Å². The number of nitrogens with zero attached hydrogens (tertiary/aromatic N) is 3. The average Bonchev–Trinajstić information content (AvgIpc) is 3.08. The summed E-state index contributed by atoms with van der Waals surface area (Å²) in [5.74, 6) is 0.482. The van der Waals surface area contributed by atoms with Gasteiger partial charge in [0.1, 0.15) is 12.4 Å². The molecule has 11 heteroatoms. The molecule has 0 unspecified atom stereocenters. The Morgan fingerprint density at radius 3 is 2.58 bits per heavy atom. The smallest absolute Gasteiger partial charge is 0.379 e. The molecule has 0 bridgehead atoms. The van der Waals surface area contributed by atoms with Crippen LogP contribution in [-0.4, -0.2) is 58.4 Å². The first-order valence-electron chi connectivity index (χ1n) is 10.2. The van der Waals surface area contributed by atoms with Crippen LogP contribution in [0.2, 0.25) is 0 Å². The van der Waals surface area contributed by atoms with Gasteiger partial charge in [-0.2, -0.15) is 18.3 Å². The van der Waals surface area contributed by atoms with Gasteiger partial charge < -0.3 is 10.1 Å². The molecule has 1 atom stereocenters. The summed E-state index contributed by atoms with van der Waals surface area (Å²) in [5, 5.41) is 9.77. The lowest BCUT2D eigenvalue weighted by Crippen LogP contribution is -2.44. The third kappa shape index (κ3) is 6.14. The standard InChI is InChI=1S/C20H26F3N5O2S/c1-2-3-17-25-26-19(31)28(17)13-18(29)24-12-16(27-8-10-30-11-9-27)14-4-6-15(7-5-14)20(21,22)23/h4-7,16H,2-3,8-13H2,1H3,(H,24,29)(H,26,31)/t16-/m1/s1. The number of alkyl halides is 3. The van der Waals surface area contributed by atoms with Crippen molar-refractivity contribution in [3.63, 3.8) is 0 Å². The Morgan fingerprint density at radius 1 is 1.29 bits per heavy atom. The fraction of sp³-hybridized carbons (Fsp3) is 0.550. The van der Waals surface area contributed by atoms with Crippen LogP contribution in [0.25, 0.3) is 0 Å². The number of halogens is 3. The number of benzene rings is 1. The number of carbonyl (C=O) groups excluding carboxylic acids is 1. The van der Waals surface area contributed by atoms with Crippen LogP contribution in [0.3, 0.4) is 0 Å². The number of aryl methyl sites for hydroxylation is 1. The number of ether oxygens (including phenoxy) is 1. The lowest BCUT2D eigenvalue weighted by molar-refractivity contribution is -0.137. The van der Waals surface area contributed by atoms with E-state index in [1.54, 1.807) is 4.57 Å². The Hall–Kier alpha value is -2.24. The van der Waals surface area contributed by atoms with Crippen molar-refractivity contribution in [3.05, 3.63) is 46.0 Å². The summed E-state index contributed by atoms with van der Waals surface area (Å²) in [6.45, 7) is 4.65. The van der Waals surface area contributed by atoms with Crippen molar-refractivity contribution in [2.75, 3.05) is 32.8 Å². The molecule has 1 aromatic carbocycles. The van der Waals surface area contributed by atoms with Crippen LogP contribution in [-0.2, 0) is 28.7 Å². The third-order valence-corrected chi connectivity index (χ3v) is 5.53. The Balaban J connectivity index is 1.71. The van der Waals surface area contributed by atoms with E-state index in [1.165, 1.54) is 12.1 Å². The number of morpholine rings is 1. The lowest BCUT2D eigenvalue weighted by Gasteiger charge is -2.35. The average molecular weight is 458 g/mol. The molecule has 170 valence electrons. The van der Waals surface area contributed by atoms with Crippen LogP contribution in [0, 0.1) is 4.77 Å². The quantitative estimate of drug-likeness (QED) is 0.596. The lowest BCUT2D eigenvalue weighted by atomic mass is 10.0. The zero-order valence-corrected chi connectivity index (χ0v) is 18.1. The first-order chi connectivity index (χ1) is 14.8. The summed E-state index contributed by atoms with van der Waals surface area (Å²) in [4.78, 5) is 14.7. The molecule has 3 rings (SSSR count). The molecular weight excluding hydrogens is 431 g/mol. The SMILES string of the molecule is CCCc1n[nH]c(=S)n1CC(=O)NC[C@H](c1ccc(C(F)(F)F)cc1)N1CCOCC1. The van der Waals surface area contributed by atoms with Crippen LogP contribution in [0.15, 0.2) is 24.3 Å². The third-order valence-electron chi connectivity index (χ3n) is 5.21. The van der Waals surface area contributed by atoms with Crippen molar-refractivity contribution in [1.82, 2.24) is 25.0 Å². The maximum absolute atomic E-state index is 12.9. The topological polar surface area (TPSA) is 75.2 Å². The number of hydrogen-bond acceptors (Lipinski definition) is 5. The summed E-state index contributed by atoms with van der Waals surface area (Å²) in [6.07, 6.45) is -2.82. The summed E-state index contributed by atoms with van der Waals surface area (Å²) < 4.78 is 46.2. The zero-order chi connectivity index (χ0) is 22.4. The molecule has 0 radical (unpaired) electrons. The molecule has 0 saturated carbocycles. The number of aromatic amines is 1. The van der Waals surface area contributed by atoms with Gasteiger partial charge in [0.25, 0.3) is 0 Å². The number of carbonyl (C=O) groups is 1. The van der Waals surface area contributed by atoms with E-state index < -0.39 is 11.7 Å². The minimum Gasteiger partial charge on any atom is -0.379 e. The molecule has 2 N–H and O–H groups in total. The Labute approximate surface area is 183 Å². The Morgan fingerprint density at radius 2 is 1.97 bits per heavy atom. The molecule has 2 heterocycles. The van der Waals surface area contributed by atoms with E-state index >= 15 is 0 Å². The fourth-order valence-electron chi connectivity index (χ4n) is 3.58. The first kappa shape index (κ1) is 23.4. The van der Waals surface area contributed by atoms with Gasteiger partial charge in [-0.15, -0.1) is 0 Å². The minimum absolute atomic E-state index is 0.0352. The van der Waals surface area contributed by atoms with E-state index in [0.29, 0.717) is 43.1 Å².